The lowest BCUT2D eigenvalue weighted by Gasteiger charge is -2.35. The molecule has 4 rings (SSSR count). The first-order valence-electron chi connectivity index (χ1n) is 11.2. The van der Waals surface area contributed by atoms with E-state index in [4.69, 9.17) is 0 Å². The Balaban J connectivity index is 1.35. The van der Waals surface area contributed by atoms with Crippen LogP contribution in [0.15, 0.2) is 54.6 Å². The highest BCUT2D eigenvalue weighted by Gasteiger charge is 2.25. The molecule has 0 radical (unpaired) electrons. The van der Waals surface area contributed by atoms with Gasteiger partial charge in [0.2, 0.25) is 5.91 Å². The lowest BCUT2D eigenvalue weighted by atomic mass is 9.95. The summed E-state index contributed by atoms with van der Waals surface area (Å²) >= 11 is 1.88. The van der Waals surface area contributed by atoms with Gasteiger partial charge >= 0.3 is 0 Å². The number of hydrogen-bond acceptors (Lipinski definition) is 4. The van der Waals surface area contributed by atoms with Crippen molar-refractivity contribution in [1.82, 2.24) is 9.80 Å². The fourth-order valence-electron chi connectivity index (χ4n) is 4.45. The summed E-state index contributed by atoms with van der Waals surface area (Å²) in [5.74, 6) is 2.01. The van der Waals surface area contributed by atoms with Crippen molar-refractivity contribution in [3.05, 3.63) is 65.7 Å². The number of anilines is 1. The van der Waals surface area contributed by atoms with Gasteiger partial charge in [-0.2, -0.15) is 11.8 Å². The van der Waals surface area contributed by atoms with Crippen LogP contribution in [-0.2, 0) is 11.2 Å². The van der Waals surface area contributed by atoms with Gasteiger partial charge in [0.25, 0.3) is 5.91 Å². The van der Waals surface area contributed by atoms with Crippen molar-refractivity contribution >= 4 is 29.3 Å². The SMILES string of the molecule is O=C(CN1CCCCC1Cc1ccccc1)Nc1cccc(C(=O)N2CCSCC2)c1. The van der Waals surface area contributed by atoms with E-state index >= 15 is 0 Å². The standard InChI is InChI=1S/C25H31N3O2S/c29-24(19-28-12-5-4-11-23(28)17-20-7-2-1-3-8-20)26-22-10-6-9-21(18-22)25(30)27-13-15-31-16-14-27/h1-3,6-10,18,23H,4-5,11-17,19H2,(H,26,29). The molecule has 1 N–H and O–H groups in total. The van der Waals surface area contributed by atoms with E-state index in [1.54, 1.807) is 6.07 Å². The zero-order valence-electron chi connectivity index (χ0n) is 18.0. The molecule has 0 aliphatic carbocycles. The second-order valence-electron chi connectivity index (χ2n) is 8.34. The van der Waals surface area contributed by atoms with E-state index in [0.717, 1.165) is 50.4 Å². The van der Waals surface area contributed by atoms with Gasteiger partial charge in [-0.25, -0.2) is 0 Å². The number of carbonyl (C=O) groups is 2. The maximum atomic E-state index is 12.8. The summed E-state index contributed by atoms with van der Waals surface area (Å²) in [5.41, 5.74) is 2.66. The van der Waals surface area contributed by atoms with Crippen LogP contribution in [-0.4, -0.2) is 65.3 Å². The van der Waals surface area contributed by atoms with E-state index in [-0.39, 0.29) is 11.8 Å². The summed E-state index contributed by atoms with van der Waals surface area (Å²) in [5, 5.41) is 3.02. The molecular weight excluding hydrogens is 406 g/mol. The van der Waals surface area contributed by atoms with Crippen molar-refractivity contribution in [3.8, 4) is 0 Å². The summed E-state index contributed by atoms with van der Waals surface area (Å²) in [6.45, 7) is 2.92. The topological polar surface area (TPSA) is 52.7 Å². The number of hydrogen-bond donors (Lipinski definition) is 1. The molecule has 1 atom stereocenters. The lowest BCUT2D eigenvalue weighted by molar-refractivity contribution is -0.118. The zero-order valence-corrected chi connectivity index (χ0v) is 18.8. The first-order valence-corrected chi connectivity index (χ1v) is 12.4. The number of benzene rings is 2. The normalized spacial score (nSPS) is 19.7. The van der Waals surface area contributed by atoms with Crippen LogP contribution in [0.2, 0.25) is 0 Å². The highest BCUT2D eigenvalue weighted by atomic mass is 32.2. The van der Waals surface area contributed by atoms with Gasteiger partial charge in [-0.05, 0) is 49.6 Å². The van der Waals surface area contributed by atoms with Crippen LogP contribution in [0.4, 0.5) is 5.69 Å². The third-order valence-corrected chi connectivity index (χ3v) is 7.04. The first kappa shape index (κ1) is 21.9. The van der Waals surface area contributed by atoms with E-state index in [2.05, 4.69) is 34.5 Å². The summed E-state index contributed by atoms with van der Waals surface area (Å²) in [7, 11) is 0. The fraction of sp³-hybridized carbons (Fsp3) is 0.440. The van der Waals surface area contributed by atoms with Gasteiger partial charge in [0.05, 0.1) is 6.54 Å². The first-order chi connectivity index (χ1) is 15.2. The van der Waals surface area contributed by atoms with Crippen molar-refractivity contribution in [3.63, 3.8) is 0 Å². The average molecular weight is 438 g/mol. The lowest BCUT2D eigenvalue weighted by Crippen LogP contribution is -2.45. The third-order valence-electron chi connectivity index (χ3n) is 6.10. The largest absolute Gasteiger partial charge is 0.337 e. The second kappa shape index (κ2) is 10.8. The Hall–Kier alpha value is -2.31. The molecule has 0 bridgehead atoms. The number of nitrogens with one attached hydrogen (secondary N) is 1. The van der Waals surface area contributed by atoms with E-state index in [9.17, 15) is 9.59 Å². The van der Waals surface area contributed by atoms with Crippen molar-refractivity contribution in [2.45, 2.75) is 31.7 Å². The fourth-order valence-corrected chi connectivity index (χ4v) is 5.35. The minimum absolute atomic E-state index is 0.0149. The van der Waals surface area contributed by atoms with Gasteiger partial charge in [0.1, 0.15) is 0 Å². The molecule has 164 valence electrons. The van der Waals surface area contributed by atoms with Crippen LogP contribution in [0.5, 0.6) is 0 Å². The number of likely N-dealkylation sites (tertiary alicyclic amines) is 1. The van der Waals surface area contributed by atoms with Crippen molar-refractivity contribution in [2.75, 3.05) is 43.0 Å². The molecule has 0 saturated carbocycles. The Morgan fingerprint density at radius 2 is 1.77 bits per heavy atom. The molecule has 2 amide bonds. The molecule has 2 aromatic carbocycles. The van der Waals surface area contributed by atoms with Crippen LogP contribution in [0.25, 0.3) is 0 Å². The van der Waals surface area contributed by atoms with E-state index in [1.165, 1.54) is 12.0 Å². The van der Waals surface area contributed by atoms with Gasteiger partial charge in [0, 0.05) is 41.9 Å². The molecule has 2 aliphatic heterocycles. The molecule has 0 aromatic heterocycles. The smallest absolute Gasteiger partial charge is 0.253 e. The van der Waals surface area contributed by atoms with Gasteiger partial charge in [-0.15, -0.1) is 0 Å². The number of amides is 2. The van der Waals surface area contributed by atoms with Crippen LogP contribution in [0.3, 0.4) is 0 Å². The van der Waals surface area contributed by atoms with E-state index in [0.29, 0.717) is 23.8 Å². The van der Waals surface area contributed by atoms with Crippen LogP contribution in [0, 0.1) is 0 Å². The van der Waals surface area contributed by atoms with Crippen LogP contribution >= 0.6 is 11.8 Å². The van der Waals surface area contributed by atoms with Gasteiger partial charge < -0.3 is 10.2 Å². The maximum Gasteiger partial charge on any atom is 0.253 e. The molecule has 1 unspecified atom stereocenters. The maximum absolute atomic E-state index is 12.8. The average Bonchev–Trinajstić information content (AvgIpc) is 2.81. The number of rotatable bonds is 6. The van der Waals surface area contributed by atoms with Gasteiger partial charge in [-0.3, -0.25) is 14.5 Å². The monoisotopic (exact) mass is 437 g/mol. The Bertz CT molecular complexity index is 883. The number of thioether (sulfide) groups is 1. The highest BCUT2D eigenvalue weighted by molar-refractivity contribution is 7.99. The summed E-state index contributed by atoms with van der Waals surface area (Å²) < 4.78 is 0. The summed E-state index contributed by atoms with van der Waals surface area (Å²) in [6.07, 6.45) is 4.46. The predicted molar refractivity (Wildman–Crippen MR) is 128 cm³/mol. The molecule has 6 heteroatoms. The molecule has 5 nitrogen and oxygen atoms in total. The second-order valence-corrected chi connectivity index (χ2v) is 9.57. The zero-order chi connectivity index (χ0) is 21.5. The van der Waals surface area contributed by atoms with Crippen molar-refractivity contribution in [2.24, 2.45) is 0 Å². The Morgan fingerprint density at radius 3 is 2.58 bits per heavy atom. The molecule has 31 heavy (non-hydrogen) atoms. The summed E-state index contributed by atoms with van der Waals surface area (Å²) in [4.78, 5) is 29.8. The number of nitrogens with zero attached hydrogens (tertiary/aromatic N) is 2. The molecular formula is C25H31N3O2S. The van der Waals surface area contributed by atoms with Crippen molar-refractivity contribution in [1.29, 1.82) is 0 Å². The molecule has 2 heterocycles. The number of carbonyl (C=O) groups excluding carboxylic acids is 2. The highest BCUT2D eigenvalue weighted by Crippen LogP contribution is 2.21. The molecule has 2 fully saturated rings. The minimum Gasteiger partial charge on any atom is -0.337 e. The van der Waals surface area contributed by atoms with Crippen LogP contribution < -0.4 is 5.32 Å². The van der Waals surface area contributed by atoms with Gasteiger partial charge in [-0.1, -0.05) is 42.8 Å². The Morgan fingerprint density at radius 1 is 0.968 bits per heavy atom. The Kier molecular flexibility index (Phi) is 7.65. The predicted octanol–water partition coefficient (Wildman–Crippen LogP) is 3.91. The quantitative estimate of drug-likeness (QED) is 0.745. The van der Waals surface area contributed by atoms with Crippen molar-refractivity contribution < 1.29 is 9.59 Å². The van der Waals surface area contributed by atoms with Gasteiger partial charge in [0.15, 0.2) is 0 Å². The molecule has 2 aromatic rings. The number of piperidine rings is 1. The Labute approximate surface area is 189 Å². The van der Waals surface area contributed by atoms with Crippen LogP contribution in [0.1, 0.15) is 35.2 Å². The molecule has 2 saturated heterocycles. The van der Waals surface area contributed by atoms with E-state index < -0.39 is 0 Å². The van der Waals surface area contributed by atoms with E-state index in [1.807, 2.05) is 40.9 Å². The molecule has 2 aliphatic rings. The minimum atomic E-state index is -0.0149. The molecule has 0 spiro atoms. The summed E-state index contributed by atoms with van der Waals surface area (Å²) in [6, 6.07) is 18.3. The third kappa shape index (κ3) is 6.11.